The van der Waals surface area contributed by atoms with Gasteiger partial charge < -0.3 is 19.4 Å². The number of methoxy groups -OCH3 is 2. The number of pyridine rings is 1. The van der Waals surface area contributed by atoms with E-state index in [0.29, 0.717) is 22.6 Å². The van der Waals surface area contributed by atoms with Crippen molar-refractivity contribution in [2.24, 2.45) is 0 Å². The monoisotopic (exact) mass is 427 g/mol. The Kier molecular flexibility index (Phi) is 5.70. The van der Waals surface area contributed by atoms with Gasteiger partial charge in [0.15, 0.2) is 17.5 Å². The number of fused-ring (bicyclic) bond motifs is 1. The van der Waals surface area contributed by atoms with Crippen molar-refractivity contribution in [3.05, 3.63) is 39.9 Å². The van der Waals surface area contributed by atoms with Crippen LogP contribution in [0.1, 0.15) is 57.5 Å². The number of nitrogens with one attached hydrogen (secondary N) is 2. The van der Waals surface area contributed by atoms with Crippen LogP contribution in [0.4, 0.5) is 0 Å². The summed E-state index contributed by atoms with van der Waals surface area (Å²) >= 11 is 0. The molecule has 0 aliphatic carbocycles. The van der Waals surface area contributed by atoms with Gasteiger partial charge in [-0.2, -0.15) is 0 Å². The highest BCUT2D eigenvalue weighted by Crippen LogP contribution is 2.32. The lowest BCUT2D eigenvalue weighted by atomic mass is 9.99. The second-order valence-corrected chi connectivity index (χ2v) is 9.12. The lowest BCUT2D eigenvalue weighted by molar-refractivity contribution is -0.931. The number of quaternary nitrogens is 1. The molecule has 3 heterocycles. The van der Waals surface area contributed by atoms with E-state index >= 15 is 0 Å². The normalized spacial score (nSPS) is 16.4. The first-order chi connectivity index (χ1) is 14.8. The number of benzene rings is 1. The van der Waals surface area contributed by atoms with Gasteiger partial charge >= 0.3 is 0 Å². The number of H-pyrrole nitrogens is 1. The van der Waals surface area contributed by atoms with Crippen LogP contribution in [0.15, 0.2) is 23.0 Å². The van der Waals surface area contributed by atoms with Crippen LogP contribution in [-0.2, 0) is 5.54 Å². The van der Waals surface area contributed by atoms with Gasteiger partial charge in [-0.25, -0.2) is 4.68 Å². The zero-order chi connectivity index (χ0) is 22.2. The Balaban J connectivity index is 1.92. The van der Waals surface area contributed by atoms with Gasteiger partial charge in [-0.15, -0.1) is 5.10 Å². The van der Waals surface area contributed by atoms with Crippen LogP contribution in [0.2, 0.25) is 0 Å². The van der Waals surface area contributed by atoms with Crippen LogP contribution in [-0.4, -0.2) is 52.5 Å². The van der Waals surface area contributed by atoms with Gasteiger partial charge in [0.05, 0.1) is 43.9 Å². The van der Waals surface area contributed by atoms with Gasteiger partial charge in [-0.05, 0) is 62.6 Å². The number of aromatic nitrogens is 5. The summed E-state index contributed by atoms with van der Waals surface area (Å²) in [6.07, 6.45) is 3.46. The second kappa shape index (κ2) is 8.30. The molecule has 1 saturated heterocycles. The van der Waals surface area contributed by atoms with Gasteiger partial charge in [0.2, 0.25) is 5.82 Å². The number of likely N-dealkylation sites (tertiary alicyclic amines) is 1. The molecule has 1 aliphatic rings. The minimum Gasteiger partial charge on any atom is -0.493 e. The first-order valence-electron chi connectivity index (χ1n) is 10.8. The summed E-state index contributed by atoms with van der Waals surface area (Å²) in [5.74, 6) is 1.91. The molecule has 2 N–H and O–H groups in total. The van der Waals surface area contributed by atoms with Gasteiger partial charge in [-0.3, -0.25) is 4.79 Å². The predicted molar refractivity (Wildman–Crippen MR) is 117 cm³/mol. The Hall–Kier alpha value is -2.94. The number of hydrogen-bond acceptors (Lipinski definition) is 6. The van der Waals surface area contributed by atoms with Crippen molar-refractivity contribution < 1.29 is 14.4 Å². The van der Waals surface area contributed by atoms with Gasteiger partial charge in [0.25, 0.3) is 5.56 Å². The summed E-state index contributed by atoms with van der Waals surface area (Å²) < 4.78 is 12.7. The third-order valence-corrected chi connectivity index (χ3v) is 5.98. The molecule has 1 aromatic carbocycles. The van der Waals surface area contributed by atoms with E-state index in [1.165, 1.54) is 11.3 Å². The van der Waals surface area contributed by atoms with E-state index in [2.05, 4.69) is 41.3 Å². The molecule has 1 atom stereocenters. The number of nitrogens with zero attached hydrogens (tertiary/aromatic N) is 4. The molecular weight excluding hydrogens is 396 g/mol. The molecule has 0 saturated carbocycles. The van der Waals surface area contributed by atoms with Crippen LogP contribution in [0, 0.1) is 0 Å². The number of rotatable bonds is 5. The summed E-state index contributed by atoms with van der Waals surface area (Å²) in [6.45, 7) is 8.15. The van der Waals surface area contributed by atoms with Crippen LogP contribution < -0.4 is 19.9 Å². The van der Waals surface area contributed by atoms with E-state index in [9.17, 15) is 4.79 Å². The fourth-order valence-corrected chi connectivity index (χ4v) is 4.45. The molecule has 0 spiro atoms. The Morgan fingerprint density at radius 1 is 1.06 bits per heavy atom. The molecule has 0 amide bonds. The molecule has 2 aromatic heterocycles. The maximum absolute atomic E-state index is 13.3. The predicted octanol–water partition coefficient (Wildman–Crippen LogP) is 1.45. The van der Waals surface area contributed by atoms with Crippen molar-refractivity contribution in [2.75, 3.05) is 27.3 Å². The fraction of sp³-hybridized carbons (Fsp3) is 0.545. The van der Waals surface area contributed by atoms with Crippen molar-refractivity contribution in [1.29, 1.82) is 0 Å². The molecule has 31 heavy (non-hydrogen) atoms. The van der Waals surface area contributed by atoms with Crippen molar-refractivity contribution in [3.8, 4) is 11.5 Å². The Bertz CT molecular complexity index is 1120. The molecule has 4 rings (SSSR count). The van der Waals surface area contributed by atoms with E-state index in [-0.39, 0.29) is 17.1 Å². The average molecular weight is 428 g/mol. The van der Waals surface area contributed by atoms with E-state index in [4.69, 9.17) is 9.47 Å². The van der Waals surface area contributed by atoms with Crippen LogP contribution in [0.3, 0.4) is 0 Å². The largest absolute Gasteiger partial charge is 0.493 e. The summed E-state index contributed by atoms with van der Waals surface area (Å²) in [5.41, 5.74) is 0.935. The highest BCUT2D eigenvalue weighted by Gasteiger charge is 2.37. The smallest absolute Gasteiger partial charge is 0.258 e. The Morgan fingerprint density at radius 2 is 1.74 bits per heavy atom. The lowest BCUT2D eigenvalue weighted by Gasteiger charge is -2.32. The third-order valence-electron chi connectivity index (χ3n) is 5.98. The quantitative estimate of drug-likeness (QED) is 0.639. The minimum absolute atomic E-state index is 0.133. The highest BCUT2D eigenvalue weighted by molar-refractivity contribution is 5.83. The number of hydrogen-bond donors (Lipinski definition) is 2. The highest BCUT2D eigenvalue weighted by atomic mass is 16.5. The average Bonchev–Trinajstić information content (AvgIpc) is 3.24. The van der Waals surface area contributed by atoms with Gasteiger partial charge in [0.1, 0.15) is 0 Å². The Labute approximate surface area is 181 Å². The van der Waals surface area contributed by atoms with Crippen molar-refractivity contribution in [3.63, 3.8) is 0 Å². The summed E-state index contributed by atoms with van der Waals surface area (Å²) in [7, 11) is 3.19. The first kappa shape index (κ1) is 21.3. The maximum atomic E-state index is 13.3. The molecule has 3 aromatic rings. The molecule has 166 valence electrons. The number of piperidine rings is 1. The first-order valence-corrected chi connectivity index (χ1v) is 10.8. The van der Waals surface area contributed by atoms with Gasteiger partial charge in [-0.1, -0.05) is 0 Å². The van der Waals surface area contributed by atoms with Crippen LogP contribution in [0.25, 0.3) is 10.9 Å². The molecule has 0 bridgehead atoms. The third kappa shape index (κ3) is 4.01. The molecule has 9 heteroatoms. The van der Waals surface area contributed by atoms with E-state index < -0.39 is 0 Å². The van der Waals surface area contributed by atoms with Crippen LogP contribution >= 0.6 is 0 Å². The topological polar surface area (TPSA) is 99.4 Å². The lowest BCUT2D eigenvalue weighted by Crippen LogP contribution is -3.13. The zero-order valence-electron chi connectivity index (χ0n) is 18.9. The molecule has 9 nitrogen and oxygen atoms in total. The molecule has 1 fully saturated rings. The SMILES string of the molecule is COc1cc2cc([C@H](c3nnnn3C(C)(C)C)[NH+]3CCCCC3)c(=O)[nH]c2cc1OC. The van der Waals surface area contributed by atoms with E-state index in [1.54, 1.807) is 20.3 Å². The van der Waals surface area contributed by atoms with Crippen LogP contribution in [0.5, 0.6) is 11.5 Å². The van der Waals surface area contributed by atoms with Gasteiger partial charge in [0, 0.05) is 11.5 Å². The number of aromatic amines is 1. The van der Waals surface area contributed by atoms with E-state index in [1.807, 2.05) is 16.8 Å². The molecular formula is C22H31N6O3+. The summed E-state index contributed by atoms with van der Waals surface area (Å²) in [6, 6.07) is 5.38. The fourth-order valence-electron chi connectivity index (χ4n) is 4.45. The standard InChI is InChI=1S/C22H30N6O3/c1-22(2,3)28-20(24-25-26-28)19(27-9-7-6-8-10-27)15-11-14-12-17(30-4)18(31-5)13-16(14)23-21(15)29/h11-13,19H,6-10H2,1-5H3,(H,23,29)/p+1/t19-/m1/s1. The number of ether oxygens (including phenoxy) is 2. The van der Waals surface area contributed by atoms with Crippen molar-refractivity contribution in [2.45, 2.75) is 51.6 Å². The van der Waals surface area contributed by atoms with Crippen molar-refractivity contribution >= 4 is 10.9 Å². The maximum Gasteiger partial charge on any atom is 0.258 e. The number of tetrazole rings is 1. The Morgan fingerprint density at radius 3 is 2.39 bits per heavy atom. The second-order valence-electron chi connectivity index (χ2n) is 9.12. The summed E-state index contributed by atoms with van der Waals surface area (Å²) in [4.78, 5) is 17.7. The molecule has 0 radical (unpaired) electrons. The summed E-state index contributed by atoms with van der Waals surface area (Å²) in [5, 5.41) is 13.5. The molecule has 1 aliphatic heterocycles. The van der Waals surface area contributed by atoms with Crippen molar-refractivity contribution in [1.82, 2.24) is 25.2 Å². The molecule has 0 unspecified atom stereocenters. The van der Waals surface area contributed by atoms with E-state index in [0.717, 1.165) is 37.1 Å². The minimum atomic E-state index is -0.299. The zero-order valence-corrected chi connectivity index (χ0v) is 18.9.